The zero-order valence-electron chi connectivity index (χ0n) is 11.4. The number of hydrogen-bond acceptors (Lipinski definition) is 4. The highest BCUT2D eigenvalue weighted by Gasteiger charge is 2.31. The predicted molar refractivity (Wildman–Crippen MR) is 76.6 cm³/mol. The van der Waals surface area contributed by atoms with E-state index in [1.54, 1.807) is 0 Å². The molecule has 3 nitrogen and oxygen atoms in total. The van der Waals surface area contributed by atoms with Crippen molar-refractivity contribution < 1.29 is 17.9 Å². The molecule has 0 saturated carbocycles. The number of halogens is 3. The van der Waals surface area contributed by atoms with Crippen LogP contribution in [0.3, 0.4) is 0 Å². The fourth-order valence-electron chi connectivity index (χ4n) is 2.43. The Morgan fingerprint density at radius 1 is 1.43 bits per heavy atom. The Morgan fingerprint density at radius 2 is 2.24 bits per heavy atom. The van der Waals surface area contributed by atoms with Gasteiger partial charge in [0.05, 0.1) is 22.4 Å². The minimum atomic E-state index is -4.33. The molecule has 0 aliphatic carbocycles. The zero-order valence-corrected chi connectivity index (χ0v) is 12.2. The minimum Gasteiger partial charge on any atom is -0.381 e. The van der Waals surface area contributed by atoms with Gasteiger partial charge < -0.3 is 10.1 Å². The summed E-state index contributed by atoms with van der Waals surface area (Å²) in [6.07, 6.45) is -3.34. The van der Waals surface area contributed by atoms with E-state index in [1.165, 1.54) is 17.4 Å². The van der Waals surface area contributed by atoms with Crippen LogP contribution in [0.2, 0.25) is 0 Å². The summed E-state index contributed by atoms with van der Waals surface area (Å²) in [6.45, 7) is 3.54. The number of nitrogens with one attached hydrogen (secondary N) is 1. The Labute approximate surface area is 124 Å². The second-order valence-electron chi connectivity index (χ2n) is 5.26. The molecule has 2 heterocycles. The quantitative estimate of drug-likeness (QED) is 0.923. The second-order valence-corrected chi connectivity index (χ2v) is 6.29. The van der Waals surface area contributed by atoms with Gasteiger partial charge in [-0.3, -0.25) is 0 Å². The molecule has 1 N–H and O–H groups in total. The van der Waals surface area contributed by atoms with E-state index in [-0.39, 0.29) is 6.04 Å². The molecule has 0 bridgehead atoms. The van der Waals surface area contributed by atoms with Crippen LogP contribution in [-0.4, -0.2) is 24.2 Å². The lowest BCUT2D eigenvalue weighted by atomic mass is 10.0. The number of aromatic nitrogens is 1. The van der Waals surface area contributed by atoms with E-state index >= 15 is 0 Å². The molecule has 1 aromatic carbocycles. The van der Waals surface area contributed by atoms with Gasteiger partial charge in [-0.15, -0.1) is 0 Å². The first-order chi connectivity index (χ1) is 9.93. The highest BCUT2D eigenvalue weighted by molar-refractivity contribution is 7.22. The van der Waals surface area contributed by atoms with Crippen molar-refractivity contribution in [3.8, 4) is 0 Å². The SMILES string of the molecule is CC(Nc1nc2cc(C(F)(F)F)ccc2s1)C1CCOC1. The summed E-state index contributed by atoms with van der Waals surface area (Å²) in [5.74, 6) is 0.419. The van der Waals surface area contributed by atoms with Crippen molar-refractivity contribution in [3.63, 3.8) is 0 Å². The van der Waals surface area contributed by atoms with Gasteiger partial charge in [-0.25, -0.2) is 4.98 Å². The van der Waals surface area contributed by atoms with Crippen molar-refractivity contribution in [1.82, 2.24) is 4.98 Å². The van der Waals surface area contributed by atoms with Crippen molar-refractivity contribution in [2.45, 2.75) is 25.6 Å². The highest BCUT2D eigenvalue weighted by Crippen LogP contribution is 2.34. The Morgan fingerprint density at radius 3 is 2.90 bits per heavy atom. The average Bonchev–Trinajstić information content (AvgIpc) is 3.05. The molecule has 1 fully saturated rings. The minimum absolute atomic E-state index is 0.190. The lowest BCUT2D eigenvalue weighted by molar-refractivity contribution is -0.137. The van der Waals surface area contributed by atoms with E-state index in [2.05, 4.69) is 10.3 Å². The van der Waals surface area contributed by atoms with Crippen LogP contribution in [0, 0.1) is 5.92 Å². The smallest absolute Gasteiger partial charge is 0.381 e. The normalized spacial score (nSPS) is 20.9. The number of fused-ring (bicyclic) bond motifs is 1. The molecule has 7 heteroatoms. The summed E-state index contributed by atoms with van der Waals surface area (Å²) < 4.78 is 44.1. The van der Waals surface area contributed by atoms with Gasteiger partial charge in [0.15, 0.2) is 5.13 Å². The molecule has 1 aliphatic rings. The molecule has 0 amide bonds. The predicted octanol–water partition coefficient (Wildman–Crippen LogP) is 4.15. The largest absolute Gasteiger partial charge is 0.416 e. The number of alkyl halides is 3. The first-order valence-electron chi connectivity index (χ1n) is 6.75. The van der Waals surface area contributed by atoms with Crippen molar-refractivity contribution in [2.24, 2.45) is 5.92 Å². The van der Waals surface area contributed by atoms with Crippen LogP contribution in [0.5, 0.6) is 0 Å². The van der Waals surface area contributed by atoms with Gasteiger partial charge in [0.25, 0.3) is 0 Å². The molecule has 1 saturated heterocycles. The summed E-state index contributed by atoms with van der Waals surface area (Å²) in [4.78, 5) is 4.26. The maximum Gasteiger partial charge on any atom is 0.416 e. The first kappa shape index (κ1) is 14.6. The Hall–Kier alpha value is -1.34. The topological polar surface area (TPSA) is 34.2 Å². The van der Waals surface area contributed by atoms with Gasteiger partial charge in [0.1, 0.15) is 0 Å². The number of benzene rings is 1. The van der Waals surface area contributed by atoms with E-state index < -0.39 is 11.7 Å². The first-order valence-corrected chi connectivity index (χ1v) is 7.57. The summed E-state index contributed by atoms with van der Waals surface area (Å²) >= 11 is 1.37. The van der Waals surface area contributed by atoms with Crippen LogP contribution >= 0.6 is 11.3 Å². The van der Waals surface area contributed by atoms with Gasteiger partial charge in [-0.1, -0.05) is 11.3 Å². The molecule has 0 radical (unpaired) electrons. The number of rotatable bonds is 3. The van der Waals surface area contributed by atoms with Crippen molar-refractivity contribution in [2.75, 3.05) is 18.5 Å². The fraction of sp³-hybridized carbons (Fsp3) is 0.500. The fourth-order valence-corrected chi connectivity index (χ4v) is 3.37. The zero-order chi connectivity index (χ0) is 15.0. The van der Waals surface area contributed by atoms with E-state index in [0.717, 1.165) is 36.5 Å². The van der Waals surface area contributed by atoms with Crippen LogP contribution in [0.15, 0.2) is 18.2 Å². The molecule has 1 aliphatic heterocycles. The van der Waals surface area contributed by atoms with Crippen molar-refractivity contribution in [1.29, 1.82) is 0 Å². The number of hydrogen-bond donors (Lipinski definition) is 1. The molecule has 21 heavy (non-hydrogen) atoms. The maximum absolute atomic E-state index is 12.7. The van der Waals surface area contributed by atoms with Crippen molar-refractivity contribution in [3.05, 3.63) is 23.8 Å². The van der Waals surface area contributed by atoms with Gasteiger partial charge in [0.2, 0.25) is 0 Å². The molecule has 2 atom stereocenters. The lowest BCUT2D eigenvalue weighted by Crippen LogP contribution is -2.25. The van der Waals surface area contributed by atoms with E-state index in [0.29, 0.717) is 16.6 Å². The van der Waals surface area contributed by atoms with E-state index in [1.807, 2.05) is 6.92 Å². The summed E-state index contributed by atoms with van der Waals surface area (Å²) in [5, 5.41) is 3.93. The van der Waals surface area contributed by atoms with Crippen LogP contribution in [0.4, 0.5) is 18.3 Å². The average molecular weight is 316 g/mol. The van der Waals surface area contributed by atoms with E-state index in [4.69, 9.17) is 4.74 Å². The number of thiazole rings is 1. The summed E-state index contributed by atoms with van der Waals surface area (Å²) in [7, 11) is 0. The number of ether oxygens (including phenoxy) is 1. The van der Waals surface area contributed by atoms with Gasteiger partial charge in [-0.2, -0.15) is 13.2 Å². The molecule has 3 rings (SSSR count). The third-order valence-corrected chi connectivity index (χ3v) is 4.71. The summed E-state index contributed by atoms with van der Waals surface area (Å²) in [5.41, 5.74) is -0.281. The molecule has 2 aromatic rings. The van der Waals surface area contributed by atoms with Crippen LogP contribution in [0.25, 0.3) is 10.2 Å². The van der Waals surface area contributed by atoms with Crippen LogP contribution < -0.4 is 5.32 Å². The second kappa shape index (κ2) is 5.46. The van der Waals surface area contributed by atoms with Crippen LogP contribution in [-0.2, 0) is 10.9 Å². The summed E-state index contributed by atoms with van der Waals surface area (Å²) in [6, 6.07) is 3.86. The lowest BCUT2D eigenvalue weighted by Gasteiger charge is -2.18. The molecule has 2 unspecified atom stereocenters. The molecular formula is C14H15F3N2OS. The molecular weight excluding hydrogens is 301 g/mol. The third kappa shape index (κ3) is 3.13. The Balaban J connectivity index is 1.80. The molecule has 1 aromatic heterocycles. The Kier molecular flexibility index (Phi) is 3.79. The monoisotopic (exact) mass is 316 g/mol. The standard InChI is InChI=1S/C14H15F3N2OS/c1-8(9-4-5-20-7-9)18-13-19-11-6-10(14(15,16)17)2-3-12(11)21-13/h2-3,6,8-9H,4-5,7H2,1H3,(H,18,19). The molecule has 0 spiro atoms. The highest BCUT2D eigenvalue weighted by atomic mass is 32.1. The maximum atomic E-state index is 12.7. The van der Waals surface area contributed by atoms with Gasteiger partial charge >= 0.3 is 6.18 Å². The van der Waals surface area contributed by atoms with Crippen molar-refractivity contribution >= 4 is 26.7 Å². The Bertz CT molecular complexity index is 635. The number of nitrogens with zero attached hydrogens (tertiary/aromatic N) is 1. The molecule has 114 valence electrons. The van der Waals surface area contributed by atoms with Crippen LogP contribution in [0.1, 0.15) is 18.9 Å². The van der Waals surface area contributed by atoms with Gasteiger partial charge in [-0.05, 0) is 31.5 Å². The third-order valence-electron chi connectivity index (χ3n) is 3.74. The number of anilines is 1. The van der Waals surface area contributed by atoms with E-state index in [9.17, 15) is 13.2 Å². The van der Waals surface area contributed by atoms with Gasteiger partial charge in [0, 0.05) is 18.6 Å².